The normalized spacial score (nSPS) is 23.8. The van der Waals surface area contributed by atoms with Crippen molar-refractivity contribution in [3.05, 3.63) is 34.9 Å². The van der Waals surface area contributed by atoms with Gasteiger partial charge < -0.3 is 15.0 Å². The Hall–Kier alpha value is -1.67. The summed E-state index contributed by atoms with van der Waals surface area (Å²) in [4.78, 5) is 32.1. The number of nitrogens with one attached hydrogen (secondary N) is 1. The van der Waals surface area contributed by atoms with Crippen LogP contribution >= 0.6 is 11.6 Å². The average Bonchev–Trinajstić information content (AvgIpc) is 3.48. The lowest BCUT2D eigenvalue weighted by atomic mass is 10.1. The van der Waals surface area contributed by atoms with Crippen molar-refractivity contribution in [1.82, 2.24) is 20.0 Å². The van der Waals surface area contributed by atoms with E-state index in [4.69, 9.17) is 16.3 Å². The molecule has 0 radical (unpaired) electrons. The predicted octanol–water partition coefficient (Wildman–Crippen LogP) is 1.92. The lowest BCUT2D eigenvalue weighted by molar-refractivity contribution is -0.140. The molecular formula is C23H33ClN4O3. The number of rotatable bonds is 7. The van der Waals surface area contributed by atoms with Gasteiger partial charge in [0, 0.05) is 24.7 Å². The zero-order valence-corrected chi connectivity index (χ0v) is 18.9. The van der Waals surface area contributed by atoms with E-state index in [0.29, 0.717) is 32.8 Å². The molecule has 3 aliphatic rings. The largest absolute Gasteiger partial charge is 0.378 e. The topological polar surface area (TPSA) is 65.1 Å². The molecule has 0 bridgehead atoms. The number of hydrogen-bond acceptors (Lipinski definition) is 5. The predicted molar refractivity (Wildman–Crippen MR) is 120 cm³/mol. The van der Waals surface area contributed by atoms with Gasteiger partial charge in [0.05, 0.1) is 31.8 Å². The van der Waals surface area contributed by atoms with Crippen molar-refractivity contribution in [2.75, 3.05) is 59.0 Å². The van der Waals surface area contributed by atoms with Gasteiger partial charge in [0.1, 0.15) is 0 Å². The lowest BCUT2D eigenvalue weighted by Crippen LogP contribution is -2.51. The second-order valence-corrected chi connectivity index (χ2v) is 9.06. The highest BCUT2D eigenvalue weighted by molar-refractivity contribution is 6.31. The van der Waals surface area contributed by atoms with Crippen molar-refractivity contribution in [2.45, 2.75) is 37.8 Å². The molecule has 170 valence electrons. The van der Waals surface area contributed by atoms with E-state index >= 15 is 0 Å². The van der Waals surface area contributed by atoms with Crippen LogP contribution in [0.5, 0.6) is 0 Å². The minimum absolute atomic E-state index is 0.0297. The van der Waals surface area contributed by atoms with Gasteiger partial charge in [-0.1, -0.05) is 29.8 Å². The summed E-state index contributed by atoms with van der Waals surface area (Å²) in [5, 5.41) is 3.87. The first-order valence-electron chi connectivity index (χ1n) is 11.5. The Morgan fingerprint density at radius 1 is 1.06 bits per heavy atom. The molecule has 2 unspecified atom stereocenters. The van der Waals surface area contributed by atoms with Crippen molar-refractivity contribution in [3.8, 4) is 0 Å². The number of benzene rings is 1. The zero-order chi connectivity index (χ0) is 21.6. The van der Waals surface area contributed by atoms with E-state index in [2.05, 4.69) is 16.3 Å². The highest BCUT2D eigenvalue weighted by Gasteiger charge is 2.35. The number of ether oxygens (including phenoxy) is 1. The highest BCUT2D eigenvalue weighted by atomic mass is 35.5. The molecule has 0 saturated carbocycles. The van der Waals surface area contributed by atoms with Gasteiger partial charge in [-0.05, 0) is 56.9 Å². The number of amides is 2. The molecule has 7 nitrogen and oxygen atoms in total. The number of hydrogen-bond donors (Lipinski definition) is 1. The first-order valence-corrected chi connectivity index (χ1v) is 11.9. The molecule has 2 atom stereocenters. The number of carbonyl (C=O) groups is 2. The zero-order valence-electron chi connectivity index (χ0n) is 18.1. The summed E-state index contributed by atoms with van der Waals surface area (Å²) in [5.74, 6) is 0.109. The van der Waals surface area contributed by atoms with Crippen molar-refractivity contribution >= 4 is 23.4 Å². The van der Waals surface area contributed by atoms with Gasteiger partial charge in [0.2, 0.25) is 11.8 Å². The van der Waals surface area contributed by atoms with E-state index in [1.165, 1.54) is 12.8 Å². The fourth-order valence-corrected chi connectivity index (χ4v) is 5.24. The van der Waals surface area contributed by atoms with Crippen molar-refractivity contribution < 1.29 is 14.3 Å². The Labute approximate surface area is 189 Å². The molecule has 2 amide bonds. The number of carbonyl (C=O) groups excluding carboxylic acids is 2. The fourth-order valence-electron chi connectivity index (χ4n) is 4.97. The lowest BCUT2D eigenvalue weighted by Gasteiger charge is -2.32. The number of likely N-dealkylation sites (tertiary alicyclic amines) is 2. The van der Waals surface area contributed by atoms with E-state index in [1.54, 1.807) is 0 Å². The van der Waals surface area contributed by atoms with E-state index in [9.17, 15) is 9.59 Å². The van der Waals surface area contributed by atoms with Crippen molar-refractivity contribution in [3.63, 3.8) is 0 Å². The molecule has 3 heterocycles. The maximum Gasteiger partial charge on any atom is 0.240 e. The Kier molecular flexibility index (Phi) is 7.82. The van der Waals surface area contributed by atoms with Crippen LogP contribution in [0.2, 0.25) is 5.02 Å². The first kappa shape index (κ1) is 22.5. The second kappa shape index (κ2) is 10.8. The molecule has 3 saturated heterocycles. The van der Waals surface area contributed by atoms with Gasteiger partial charge in [-0.15, -0.1) is 0 Å². The van der Waals surface area contributed by atoms with Crippen LogP contribution in [0.15, 0.2) is 24.3 Å². The molecule has 3 fully saturated rings. The Morgan fingerprint density at radius 2 is 1.81 bits per heavy atom. The molecule has 0 aromatic heterocycles. The third-order valence-electron chi connectivity index (χ3n) is 6.66. The van der Waals surface area contributed by atoms with E-state index in [-0.39, 0.29) is 30.4 Å². The minimum Gasteiger partial charge on any atom is -0.378 e. The van der Waals surface area contributed by atoms with Gasteiger partial charge >= 0.3 is 0 Å². The van der Waals surface area contributed by atoms with Gasteiger partial charge in [-0.3, -0.25) is 19.4 Å². The summed E-state index contributed by atoms with van der Waals surface area (Å²) in [6, 6.07) is 7.78. The molecule has 4 rings (SSSR count). The van der Waals surface area contributed by atoms with Crippen LogP contribution in [-0.2, 0) is 14.3 Å². The summed E-state index contributed by atoms with van der Waals surface area (Å²) in [5.41, 5.74) is 1.06. The maximum absolute atomic E-state index is 12.9. The summed E-state index contributed by atoms with van der Waals surface area (Å²) >= 11 is 6.48. The van der Waals surface area contributed by atoms with Crippen LogP contribution in [0.1, 0.15) is 37.3 Å². The summed E-state index contributed by atoms with van der Waals surface area (Å²) in [6.07, 6.45) is 4.12. The van der Waals surface area contributed by atoms with Gasteiger partial charge in [0.15, 0.2) is 0 Å². The summed E-state index contributed by atoms with van der Waals surface area (Å²) in [7, 11) is 0. The smallest absolute Gasteiger partial charge is 0.240 e. The van der Waals surface area contributed by atoms with E-state index in [0.717, 1.165) is 43.1 Å². The molecule has 1 aromatic carbocycles. The van der Waals surface area contributed by atoms with E-state index < -0.39 is 0 Å². The third-order valence-corrected chi connectivity index (χ3v) is 7.00. The van der Waals surface area contributed by atoms with E-state index in [1.807, 2.05) is 28.0 Å². The maximum atomic E-state index is 12.9. The number of halogens is 1. The fraction of sp³-hybridized carbons (Fsp3) is 0.652. The number of nitrogens with zero attached hydrogens (tertiary/aromatic N) is 3. The van der Waals surface area contributed by atoms with Gasteiger partial charge in [-0.2, -0.15) is 0 Å². The van der Waals surface area contributed by atoms with Crippen LogP contribution in [0.4, 0.5) is 0 Å². The van der Waals surface area contributed by atoms with Crippen LogP contribution in [0.3, 0.4) is 0 Å². The van der Waals surface area contributed by atoms with Crippen LogP contribution in [0.25, 0.3) is 0 Å². The third kappa shape index (κ3) is 5.58. The molecule has 8 heteroatoms. The summed E-state index contributed by atoms with van der Waals surface area (Å²) < 4.78 is 5.36. The minimum atomic E-state index is -0.193. The second-order valence-electron chi connectivity index (χ2n) is 8.65. The van der Waals surface area contributed by atoms with Crippen LogP contribution in [0, 0.1) is 0 Å². The molecule has 1 N–H and O–H groups in total. The Bertz CT molecular complexity index is 765. The average molecular weight is 449 g/mol. The molecule has 0 spiro atoms. The highest BCUT2D eigenvalue weighted by Crippen LogP contribution is 2.29. The van der Waals surface area contributed by atoms with Gasteiger partial charge in [-0.25, -0.2) is 0 Å². The molecule has 0 aliphatic carbocycles. The summed E-state index contributed by atoms with van der Waals surface area (Å²) in [6.45, 7) is 6.10. The van der Waals surface area contributed by atoms with Crippen LogP contribution in [-0.4, -0.2) is 91.6 Å². The number of morpholine rings is 1. The molecule has 1 aromatic rings. The Balaban J connectivity index is 1.34. The Morgan fingerprint density at radius 3 is 2.55 bits per heavy atom. The monoisotopic (exact) mass is 448 g/mol. The quantitative estimate of drug-likeness (QED) is 0.690. The molecule has 3 aliphatic heterocycles. The molecule has 31 heavy (non-hydrogen) atoms. The SMILES string of the molecule is O=C(CN1CCCC1C(=O)N1CCOCC1)NCC(c1ccccc1Cl)N1CCCC1. The first-order chi connectivity index (χ1) is 15.1. The molecular weight excluding hydrogens is 416 g/mol. The van der Waals surface area contributed by atoms with Gasteiger partial charge in [0.25, 0.3) is 0 Å². The standard InChI is InChI=1S/C23H33ClN4O3/c24-19-7-2-1-6-18(19)21(26-9-3-4-10-26)16-25-22(29)17-28-11-5-8-20(28)23(30)27-12-14-31-15-13-27/h1-2,6-7,20-21H,3-5,8-17H2,(H,25,29). The van der Waals surface area contributed by atoms with Crippen molar-refractivity contribution in [2.24, 2.45) is 0 Å². The van der Waals surface area contributed by atoms with Crippen LogP contribution < -0.4 is 5.32 Å². The van der Waals surface area contributed by atoms with Crippen molar-refractivity contribution in [1.29, 1.82) is 0 Å².